The van der Waals surface area contributed by atoms with E-state index in [1.54, 1.807) is 46.6 Å². The van der Waals surface area contributed by atoms with Crippen molar-refractivity contribution in [1.29, 1.82) is 0 Å². The van der Waals surface area contributed by atoms with Crippen LogP contribution in [0.4, 0.5) is 0 Å². The maximum absolute atomic E-state index is 12.4. The molecule has 1 N–H and O–H groups in total. The summed E-state index contributed by atoms with van der Waals surface area (Å²) in [6.07, 6.45) is 3.98. The van der Waals surface area contributed by atoms with Crippen LogP contribution in [-0.4, -0.2) is 34.3 Å². The van der Waals surface area contributed by atoms with E-state index in [9.17, 15) is 4.79 Å². The SMILES string of the molecule is CC[C@H](NC(=O)/C=C/c1cc(OC)c(OC)c(OC)c1)c1ccc(OC)cc1. The highest BCUT2D eigenvalue weighted by atomic mass is 16.5. The van der Waals surface area contributed by atoms with Gasteiger partial charge in [-0.25, -0.2) is 0 Å². The van der Waals surface area contributed by atoms with Gasteiger partial charge in [0.2, 0.25) is 11.7 Å². The van der Waals surface area contributed by atoms with Crippen molar-refractivity contribution in [2.45, 2.75) is 19.4 Å². The lowest BCUT2D eigenvalue weighted by atomic mass is 10.0. The van der Waals surface area contributed by atoms with Crippen LogP contribution in [0.15, 0.2) is 42.5 Å². The lowest BCUT2D eigenvalue weighted by molar-refractivity contribution is -0.117. The Balaban J connectivity index is 2.13. The molecule has 0 radical (unpaired) electrons. The number of rotatable bonds is 9. The van der Waals surface area contributed by atoms with E-state index < -0.39 is 0 Å². The molecular formula is C22H27NO5. The van der Waals surface area contributed by atoms with Gasteiger partial charge in [-0.3, -0.25) is 4.79 Å². The van der Waals surface area contributed by atoms with E-state index in [4.69, 9.17) is 18.9 Å². The van der Waals surface area contributed by atoms with Crippen LogP contribution in [0.5, 0.6) is 23.0 Å². The minimum absolute atomic E-state index is 0.0806. The summed E-state index contributed by atoms with van der Waals surface area (Å²) in [5, 5.41) is 3.02. The molecule has 2 aromatic rings. The molecule has 0 saturated heterocycles. The Morgan fingerprint density at radius 3 is 2.04 bits per heavy atom. The molecule has 0 aliphatic heterocycles. The van der Waals surface area contributed by atoms with Gasteiger partial charge in [0.1, 0.15) is 5.75 Å². The van der Waals surface area contributed by atoms with Gasteiger partial charge >= 0.3 is 0 Å². The van der Waals surface area contributed by atoms with Crippen molar-refractivity contribution in [1.82, 2.24) is 5.32 Å². The predicted molar refractivity (Wildman–Crippen MR) is 109 cm³/mol. The van der Waals surface area contributed by atoms with E-state index >= 15 is 0 Å². The molecule has 6 heteroatoms. The summed E-state index contributed by atoms with van der Waals surface area (Å²) in [6.45, 7) is 2.03. The summed E-state index contributed by atoms with van der Waals surface area (Å²) in [4.78, 5) is 12.4. The van der Waals surface area contributed by atoms with Gasteiger partial charge in [-0.15, -0.1) is 0 Å². The molecule has 150 valence electrons. The van der Waals surface area contributed by atoms with Crippen LogP contribution < -0.4 is 24.3 Å². The molecule has 6 nitrogen and oxygen atoms in total. The van der Waals surface area contributed by atoms with E-state index in [-0.39, 0.29) is 11.9 Å². The number of methoxy groups -OCH3 is 4. The maximum atomic E-state index is 12.4. The van der Waals surface area contributed by atoms with Crippen molar-refractivity contribution >= 4 is 12.0 Å². The molecule has 2 aromatic carbocycles. The van der Waals surface area contributed by atoms with Gasteiger partial charge in [-0.05, 0) is 47.9 Å². The summed E-state index contributed by atoms with van der Waals surface area (Å²) >= 11 is 0. The van der Waals surface area contributed by atoms with E-state index in [2.05, 4.69) is 5.32 Å². The zero-order valence-electron chi connectivity index (χ0n) is 16.9. The van der Waals surface area contributed by atoms with Gasteiger partial charge in [-0.1, -0.05) is 19.1 Å². The number of amides is 1. The third kappa shape index (κ3) is 5.19. The first kappa shape index (κ1) is 21.2. The number of nitrogens with one attached hydrogen (secondary N) is 1. The van der Waals surface area contributed by atoms with Crippen molar-refractivity contribution in [3.05, 3.63) is 53.6 Å². The fourth-order valence-corrected chi connectivity index (χ4v) is 2.85. The van der Waals surface area contributed by atoms with Gasteiger partial charge in [0.05, 0.1) is 34.5 Å². The van der Waals surface area contributed by atoms with E-state index in [1.807, 2.05) is 31.2 Å². The Morgan fingerprint density at radius 2 is 1.57 bits per heavy atom. The Hall–Kier alpha value is -3.15. The van der Waals surface area contributed by atoms with Crippen LogP contribution in [-0.2, 0) is 4.79 Å². The molecule has 0 aliphatic carbocycles. The quantitative estimate of drug-likeness (QED) is 0.661. The Bertz CT molecular complexity index is 789. The highest BCUT2D eigenvalue weighted by Crippen LogP contribution is 2.38. The number of hydrogen-bond donors (Lipinski definition) is 1. The number of carbonyl (C=O) groups excluding carboxylic acids is 1. The summed E-state index contributed by atoms with van der Waals surface area (Å²) in [5.74, 6) is 2.18. The lowest BCUT2D eigenvalue weighted by Gasteiger charge is -2.17. The summed E-state index contributed by atoms with van der Waals surface area (Å²) < 4.78 is 21.2. The van der Waals surface area contributed by atoms with Crippen molar-refractivity contribution in [3.63, 3.8) is 0 Å². The molecule has 0 fully saturated rings. The number of ether oxygens (including phenoxy) is 4. The monoisotopic (exact) mass is 385 g/mol. The summed E-state index contributed by atoms with van der Waals surface area (Å²) in [6, 6.07) is 11.2. The normalized spacial score (nSPS) is 11.8. The zero-order chi connectivity index (χ0) is 20.5. The molecule has 2 rings (SSSR count). The molecule has 0 aliphatic rings. The highest BCUT2D eigenvalue weighted by molar-refractivity contribution is 5.92. The second-order valence-electron chi connectivity index (χ2n) is 6.03. The molecule has 0 aromatic heterocycles. The first-order valence-electron chi connectivity index (χ1n) is 8.98. The Kier molecular flexibility index (Phi) is 7.75. The average Bonchev–Trinajstić information content (AvgIpc) is 2.75. The van der Waals surface area contributed by atoms with Crippen molar-refractivity contribution < 1.29 is 23.7 Å². The van der Waals surface area contributed by atoms with Crippen molar-refractivity contribution in [3.8, 4) is 23.0 Å². The molecule has 0 heterocycles. The molecule has 28 heavy (non-hydrogen) atoms. The maximum Gasteiger partial charge on any atom is 0.244 e. The van der Waals surface area contributed by atoms with Crippen LogP contribution >= 0.6 is 0 Å². The van der Waals surface area contributed by atoms with Gasteiger partial charge in [-0.2, -0.15) is 0 Å². The van der Waals surface area contributed by atoms with Crippen LogP contribution in [0.1, 0.15) is 30.5 Å². The minimum Gasteiger partial charge on any atom is -0.497 e. The van der Waals surface area contributed by atoms with Gasteiger partial charge in [0.25, 0.3) is 0 Å². The molecular weight excluding hydrogens is 358 g/mol. The van der Waals surface area contributed by atoms with Gasteiger partial charge < -0.3 is 24.3 Å². The molecule has 1 amide bonds. The van der Waals surface area contributed by atoms with Crippen molar-refractivity contribution in [2.75, 3.05) is 28.4 Å². The number of hydrogen-bond acceptors (Lipinski definition) is 5. The lowest BCUT2D eigenvalue weighted by Crippen LogP contribution is -2.26. The standard InChI is InChI=1S/C22H27NO5/c1-6-18(16-8-10-17(25-2)11-9-16)23-21(24)12-7-15-13-19(26-3)22(28-5)20(14-15)27-4/h7-14,18H,6H2,1-5H3,(H,23,24)/b12-7+/t18-/m0/s1. The first-order chi connectivity index (χ1) is 13.6. The predicted octanol–water partition coefficient (Wildman–Crippen LogP) is 4.00. The Labute approximate surface area is 166 Å². The third-order valence-corrected chi connectivity index (χ3v) is 4.36. The third-order valence-electron chi connectivity index (χ3n) is 4.36. The second-order valence-corrected chi connectivity index (χ2v) is 6.03. The van der Waals surface area contributed by atoms with Crippen LogP contribution in [0, 0.1) is 0 Å². The molecule has 0 spiro atoms. The summed E-state index contributed by atoms with van der Waals surface area (Å²) in [7, 11) is 6.28. The van der Waals surface area contributed by atoms with Crippen LogP contribution in [0.3, 0.4) is 0 Å². The van der Waals surface area contributed by atoms with E-state index in [0.717, 1.165) is 23.3 Å². The van der Waals surface area contributed by atoms with Gasteiger partial charge in [0.15, 0.2) is 11.5 Å². The largest absolute Gasteiger partial charge is 0.497 e. The van der Waals surface area contributed by atoms with Gasteiger partial charge in [0, 0.05) is 6.08 Å². The fraction of sp³-hybridized carbons (Fsp3) is 0.318. The number of benzene rings is 2. The highest BCUT2D eigenvalue weighted by Gasteiger charge is 2.13. The second kappa shape index (κ2) is 10.3. The molecule has 0 bridgehead atoms. The first-order valence-corrected chi connectivity index (χ1v) is 8.98. The average molecular weight is 385 g/mol. The van der Waals surface area contributed by atoms with Crippen LogP contribution in [0.25, 0.3) is 6.08 Å². The smallest absolute Gasteiger partial charge is 0.244 e. The van der Waals surface area contributed by atoms with Crippen LogP contribution in [0.2, 0.25) is 0 Å². The molecule has 0 saturated carbocycles. The molecule has 0 unspecified atom stereocenters. The Morgan fingerprint density at radius 1 is 0.964 bits per heavy atom. The number of carbonyl (C=O) groups is 1. The van der Waals surface area contributed by atoms with E-state index in [1.165, 1.54) is 6.08 Å². The zero-order valence-corrected chi connectivity index (χ0v) is 16.9. The topological polar surface area (TPSA) is 66.0 Å². The van der Waals surface area contributed by atoms with E-state index in [0.29, 0.717) is 17.2 Å². The molecule has 1 atom stereocenters. The summed E-state index contributed by atoms with van der Waals surface area (Å²) in [5.41, 5.74) is 1.79. The fourth-order valence-electron chi connectivity index (χ4n) is 2.85. The minimum atomic E-state index is -0.184. The van der Waals surface area contributed by atoms with Crippen molar-refractivity contribution in [2.24, 2.45) is 0 Å².